The fourth-order valence-electron chi connectivity index (χ4n) is 3.65. The summed E-state index contributed by atoms with van der Waals surface area (Å²) in [5.74, 6) is -4.61. The van der Waals surface area contributed by atoms with Crippen LogP contribution in [-0.4, -0.2) is 57.4 Å². The smallest absolute Gasteiger partial charge is 0.327 e. The number of carboxylic acid groups (broad SMARTS) is 1. The van der Waals surface area contributed by atoms with Gasteiger partial charge in [0.05, 0.1) is 12.1 Å². The predicted molar refractivity (Wildman–Crippen MR) is 122 cm³/mol. The summed E-state index contributed by atoms with van der Waals surface area (Å²) in [6.45, 7) is 2.12. The molecule has 2 rings (SSSR count). The van der Waals surface area contributed by atoms with Crippen LogP contribution < -0.4 is 0 Å². The zero-order chi connectivity index (χ0) is 23.6. The van der Waals surface area contributed by atoms with E-state index in [4.69, 9.17) is 5.11 Å². The largest absolute Gasteiger partial charge is 0.481 e. The van der Waals surface area contributed by atoms with Gasteiger partial charge >= 0.3 is 11.9 Å². The van der Waals surface area contributed by atoms with Gasteiger partial charge in [0.15, 0.2) is 0 Å². The Bertz CT molecular complexity index is 760. The molecule has 8 heteroatoms. The van der Waals surface area contributed by atoms with Crippen LogP contribution in [-0.2, 0) is 9.59 Å². The Morgan fingerprint density at radius 2 is 1.94 bits per heavy atom. The van der Waals surface area contributed by atoms with Crippen LogP contribution in [0.4, 0.5) is 8.78 Å². The number of nitrogens with zero attached hydrogens (tertiary/aromatic N) is 1. The van der Waals surface area contributed by atoms with Crippen molar-refractivity contribution in [2.45, 2.75) is 74.8 Å². The lowest BCUT2D eigenvalue weighted by molar-refractivity contribution is -0.148. The van der Waals surface area contributed by atoms with Gasteiger partial charge < -0.3 is 15.1 Å². The molecule has 1 heterocycles. The van der Waals surface area contributed by atoms with E-state index in [9.17, 15) is 23.5 Å². The molecule has 1 saturated heterocycles. The lowest BCUT2D eigenvalue weighted by Gasteiger charge is -2.22. The van der Waals surface area contributed by atoms with E-state index in [1.54, 1.807) is 11.8 Å². The molecule has 0 spiro atoms. The van der Waals surface area contributed by atoms with E-state index >= 15 is 0 Å². The van der Waals surface area contributed by atoms with Crippen LogP contribution in [0, 0.1) is 5.92 Å². The number of thioether (sulfide) groups is 1. The molecular formula is C24H33F2NO4S. The Kier molecular flexibility index (Phi) is 10.6. The number of carboxylic acids is 1. The molecule has 1 amide bonds. The first-order valence-corrected chi connectivity index (χ1v) is 12.1. The van der Waals surface area contributed by atoms with Gasteiger partial charge in [0.1, 0.15) is 0 Å². The molecular weight excluding hydrogens is 436 g/mol. The van der Waals surface area contributed by atoms with Crippen LogP contribution in [0.5, 0.6) is 0 Å². The van der Waals surface area contributed by atoms with Crippen LogP contribution in [0.1, 0.15) is 51.9 Å². The zero-order valence-electron chi connectivity index (χ0n) is 18.5. The number of likely N-dealkylation sites (tertiary alicyclic amines) is 1. The second-order valence-corrected chi connectivity index (χ2v) is 9.50. The van der Waals surface area contributed by atoms with Crippen molar-refractivity contribution in [3.63, 3.8) is 0 Å². The molecule has 1 aliphatic heterocycles. The number of aliphatic hydroxyl groups is 1. The topological polar surface area (TPSA) is 77.8 Å². The highest BCUT2D eigenvalue weighted by atomic mass is 32.2. The van der Waals surface area contributed by atoms with Crippen LogP contribution in [0.15, 0.2) is 47.4 Å². The SMILES string of the molecule is C[C@@H](CCSc1ccccc1)[C@H](O)C=C[C@H]1CC(F)(F)C(=O)N1CCCCCCC(=O)O. The highest BCUT2D eigenvalue weighted by Gasteiger charge is 2.52. The highest BCUT2D eigenvalue weighted by Crippen LogP contribution is 2.34. The minimum absolute atomic E-state index is 0.0391. The van der Waals surface area contributed by atoms with Crippen molar-refractivity contribution in [1.29, 1.82) is 0 Å². The quantitative estimate of drug-likeness (QED) is 0.228. The van der Waals surface area contributed by atoms with Crippen molar-refractivity contribution in [2.75, 3.05) is 12.3 Å². The van der Waals surface area contributed by atoms with Crippen LogP contribution in [0.3, 0.4) is 0 Å². The molecule has 178 valence electrons. The molecule has 1 fully saturated rings. The maximum atomic E-state index is 14.0. The first-order valence-electron chi connectivity index (χ1n) is 11.2. The van der Waals surface area contributed by atoms with Gasteiger partial charge in [-0.05, 0) is 43.1 Å². The number of amides is 1. The third-order valence-electron chi connectivity index (χ3n) is 5.68. The average molecular weight is 470 g/mol. The Morgan fingerprint density at radius 3 is 2.62 bits per heavy atom. The number of hydrogen-bond acceptors (Lipinski definition) is 4. The number of alkyl halides is 2. The average Bonchev–Trinajstić information content (AvgIpc) is 2.97. The summed E-state index contributed by atoms with van der Waals surface area (Å²) in [4.78, 5) is 25.0. The standard InChI is InChI=1S/C24H33F2NO4S/c1-18(14-16-32-20-9-5-4-6-10-20)21(28)13-12-19-17-24(25,26)23(31)27(19)15-8-3-2-7-11-22(29)30/h4-6,9-10,12-13,18-19,21,28H,2-3,7-8,11,14-17H2,1H3,(H,29,30)/t18-,19-,21+/m0/s1. The van der Waals surface area contributed by atoms with E-state index in [-0.39, 0.29) is 18.9 Å². The van der Waals surface area contributed by atoms with E-state index in [0.717, 1.165) is 17.1 Å². The molecule has 0 aliphatic carbocycles. The normalized spacial score (nSPS) is 20.1. The van der Waals surface area contributed by atoms with Gasteiger partial charge in [0.25, 0.3) is 5.91 Å². The molecule has 0 radical (unpaired) electrons. The number of rotatable bonds is 14. The number of aliphatic carboxylic acids is 1. The van der Waals surface area contributed by atoms with Crippen molar-refractivity contribution in [2.24, 2.45) is 5.92 Å². The molecule has 0 aromatic heterocycles. The van der Waals surface area contributed by atoms with Crippen LogP contribution in [0.25, 0.3) is 0 Å². The number of halogens is 2. The number of unbranched alkanes of at least 4 members (excludes halogenated alkanes) is 3. The van der Waals surface area contributed by atoms with Gasteiger partial charge in [-0.2, -0.15) is 8.78 Å². The van der Waals surface area contributed by atoms with Crippen molar-refractivity contribution in [3.05, 3.63) is 42.5 Å². The molecule has 3 atom stereocenters. The number of carbonyl (C=O) groups excluding carboxylic acids is 1. The van der Waals surface area contributed by atoms with Crippen molar-refractivity contribution in [1.82, 2.24) is 4.90 Å². The van der Waals surface area contributed by atoms with Gasteiger partial charge in [0.2, 0.25) is 0 Å². The Balaban J connectivity index is 1.81. The van der Waals surface area contributed by atoms with E-state index in [1.165, 1.54) is 17.1 Å². The van der Waals surface area contributed by atoms with Crippen molar-refractivity contribution in [3.8, 4) is 0 Å². The van der Waals surface area contributed by atoms with Gasteiger partial charge in [-0.1, -0.05) is 50.1 Å². The summed E-state index contributed by atoms with van der Waals surface area (Å²) in [5.41, 5.74) is 0. The van der Waals surface area contributed by atoms with Gasteiger partial charge in [-0.3, -0.25) is 9.59 Å². The summed E-state index contributed by atoms with van der Waals surface area (Å²) < 4.78 is 28.0. The minimum atomic E-state index is -3.39. The lowest BCUT2D eigenvalue weighted by atomic mass is 10.0. The van der Waals surface area contributed by atoms with Crippen LogP contribution in [0.2, 0.25) is 0 Å². The monoisotopic (exact) mass is 469 g/mol. The summed E-state index contributed by atoms with van der Waals surface area (Å²) in [7, 11) is 0. The molecule has 1 aliphatic rings. The van der Waals surface area contributed by atoms with Gasteiger partial charge in [-0.25, -0.2) is 0 Å². The number of benzene rings is 1. The summed E-state index contributed by atoms with van der Waals surface area (Å²) in [5, 5.41) is 19.1. The molecule has 2 N–H and O–H groups in total. The van der Waals surface area contributed by atoms with Crippen molar-refractivity contribution < 1.29 is 28.6 Å². The Labute approximate surface area is 192 Å². The second-order valence-electron chi connectivity index (χ2n) is 8.34. The Morgan fingerprint density at radius 1 is 1.25 bits per heavy atom. The number of hydrogen-bond donors (Lipinski definition) is 2. The maximum Gasteiger partial charge on any atom is 0.327 e. The van der Waals surface area contributed by atoms with E-state index < -0.39 is 36.4 Å². The molecule has 0 unspecified atom stereocenters. The number of carbonyl (C=O) groups is 2. The fraction of sp³-hybridized carbons (Fsp3) is 0.583. The Hall–Kier alpha value is -1.93. The van der Waals surface area contributed by atoms with E-state index in [1.807, 2.05) is 37.3 Å². The lowest BCUT2D eigenvalue weighted by Crippen LogP contribution is -2.36. The molecule has 1 aromatic carbocycles. The van der Waals surface area contributed by atoms with Crippen molar-refractivity contribution >= 4 is 23.6 Å². The highest BCUT2D eigenvalue weighted by molar-refractivity contribution is 7.99. The van der Waals surface area contributed by atoms with E-state index in [2.05, 4.69) is 0 Å². The first-order chi connectivity index (χ1) is 15.2. The third kappa shape index (κ3) is 8.54. The summed E-state index contributed by atoms with van der Waals surface area (Å²) in [6.07, 6.45) is 5.03. The number of aliphatic hydroxyl groups excluding tert-OH is 1. The fourth-order valence-corrected chi connectivity index (χ4v) is 4.73. The molecule has 1 aromatic rings. The van der Waals surface area contributed by atoms with Crippen LogP contribution >= 0.6 is 11.8 Å². The molecule has 0 bridgehead atoms. The van der Waals surface area contributed by atoms with E-state index in [0.29, 0.717) is 25.7 Å². The minimum Gasteiger partial charge on any atom is -0.481 e. The third-order valence-corrected chi connectivity index (χ3v) is 6.72. The zero-order valence-corrected chi connectivity index (χ0v) is 19.3. The summed E-state index contributed by atoms with van der Waals surface area (Å²) in [6, 6.07) is 9.24. The van der Waals surface area contributed by atoms with Gasteiger partial charge in [0, 0.05) is 24.3 Å². The predicted octanol–water partition coefficient (Wildman–Crippen LogP) is 4.99. The first kappa shape index (κ1) is 26.3. The molecule has 32 heavy (non-hydrogen) atoms. The summed E-state index contributed by atoms with van der Waals surface area (Å²) >= 11 is 1.71. The second kappa shape index (κ2) is 12.9. The molecule has 0 saturated carbocycles. The molecule has 5 nitrogen and oxygen atoms in total. The maximum absolute atomic E-state index is 14.0. The van der Waals surface area contributed by atoms with Gasteiger partial charge in [-0.15, -0.1) is 11.8 Å².